The molecule has 2 heterocycles. The van der Waals surface area contributed by atoms with E-state index in [-0.39, 0.29) is 5.15 Å². The highest BCUT2D eigenvalue weighted by atomic mass is 79.9. The van der Waals surface area contributed by atoms with E-state index in [2.05, 4.69) is 26.2 Å². The number of rotatable bonds is 6. The average molecular weight is 559 g/mol. The zero-order chi connectivity index (χ0) is 25.3. The van der Waals surface area contributed by atoms with Gasteiger partial charge in [0, 0.05) is 23.9 Å². The summed E-state index contributed by atoms with van der Waals surface area (Å²) in [6, 6.07) is 13.2. The lowest BCUT2D eigenvalue weighted by Crippen LogP contribution is -2.27. The topological polar surface area (TPSA) is 86.4 Å². The van der Waals surface area contributed by atoms with Crippen molar-refractivity contribution in [1.29, 1.82) is 0 Å². The maximum atomic E-state index is 12.4. The van der Waals surface area contributed by atoms with Crippen molar-refractivity contribution in [3.05, 3.63) is 69.2 Å². The minimum Gasteiger partial charge on any atom is -0.455 e. The third kappa shape index (κ3) is 5.28. The monoisotopic (exact) mass is 557 g/mol. The number of hydrogen-bond acceptors (Lipinski definition) is 5. The Bertz CT molecular complexity index is 1420. The van der Waals surface area contributed by atoms with Crippen LogP contribution in [0.5, 0.6) is 0 Å². The van der Waals surface area contributed by atoms with Crippen LogP contribution in [0, 0.1) is 0 Å². The van der Waals surface area contributed by atoms with E-state index in [1.165, 1.54) is 0 Å². The number of ether oxygens (including phenoxy) is 1. The summed E-state index contributed by atoms with van der Waals surface area (Å²) in [6.45, 7) is 7.84. The summed E-state index contributed by atoms with van der Waals surface area (Å²) in [7, 11) is 0. The second-order valence-corrected chi connectivity index (χ2v) is 10.2. The van der Waals surface area contributed by atoms with E-state index in [0.717, 1.165) is 27.5 Å². The molecule has 0 aliphatic carbocycles. The van der Waals surface area contributed by atoms with Gasteiger partial charge in [-0.25, -0.2) is 9.78 Å². The molecule has 182 valence electrons. The number of furan rings is 1. The van der Waals surface area contributed by atoms with E-state index in [1.807, 2.05) is 68.7 Å². The Balaban J connectivity index is 1.70. The number of aryl methyl sites for hydroxylation is 1. The number of hydrogen-bond donors (Lipinski definition) is 1. The van der Waals surface area contributed by atoms with Gasteiger partial charge in [0.05, 0.1) is 10.2 Å². The molecule has 9 heteroatoms. The van der Waals surface area contributed by atoms with E-state index in [1.54, 1.807) is 6.07 Å². The van der Waals surface area contributed by atoms with Gasteiger partial charge in [-0.15, -0.1) is 0 Å². The fourth-order valence-electron chi connectivity index (χ4n) is 3.81. The molecule has 0 spiro atoms. The van der Waals surface area contributed by atoms with Crippen LogP contribution < -0.4 is 5.32 Å². The third-order valence-corrected chi connectivity index (χ3v) is 6.37. The number of imidazole rings is 1. The fourth-order valence-corrected chi connectivity index (χ4v) is 4.66. The number of aromatic nitrogens is 2. The summed E-state index contributed by atoms with van der Waals surface area (Å²) in [4.78, 5) is 28.2. The molecule has 1 N–H and O–H groups in total. The number of benzene rings is 2. The Kier molecular flexibility index (Phi) is 7.05. The molecule has 7 nitrogen and oxygen atoms in total. The Labute approximate surface area is 216 Å². The molecule has 0 radical (unpaired) electrons. The van der Waals surface area contributed by atoms with Crippen molar-refractivity contribution < 1.29 is 18.7 Å². The predicted octanol–water partition coefficient (Wildman–Crippen LogP) is 7.48. The van der Waals surface area contributed by atoms with Gasteiger partial charge in [0.2, 0.25) is 0 Å². The average Bonchev–Trinajstić information content (AvgIpc) is 3.28. The first-order valence-corrected chi connectivity index (χ1v) is 12.3. The number of aldehydes is 1. The molecule has 4 aromatic rings. The van der Waals surface area contributed by atoms with Crippen molar-refractivity contribution >= 4 is 56.6 Å². The highest BCUT2D eigenvalue weighted by molar-refractivity contribution is 9.10. The molecule has 1 amide bonds. The molecule has 0 fully saturated rings. The second-order valence-electron chi connectivity index (χ2n) is 9.01. The van der Waals surface area contributed by atoms with Crippen LogP contribution in [0.25, 0.3) is 22.3 Å². The molecule has 0 atom stereocenters. The highest BCUT2D eigenvalue weighted by Crippen LogP contribution is 2.41. The summed E-state index contributed by atoms with van der Waals surface area (Å²) < 4.78 is 14.1. The molecule has 0 saturated carbocycles. The quantitative estimate of drug-likeness (QED) is 0.248. The maximum absolute atomic E-state index is 12.4. The molecule has 35 heavy (non-hydrogen) atoms. The number of carbonyl (C=O) groups excluding carboxylic acids is 2. The molecule has 0 aliphatic heterocycles. The SMILES string of the molecule is CCc1nc(Cl)c(C=O)n1Cc1ccc2oc(-c3ccccc3NC(=O)OC(C)(C)C)c(Br)c2c1. The van der Waals surface area contributed by atoms with Crippen molar-refractivity contribution in [3.63, 3.8) is 0 Å². The Morgan fingerprint density at radius 2 is 2.00 bits per heavy atom. The Morgan fingerprint density at radius 3 is 2.69 bits per heavy atom. The van der Waals surface area contributed by atoms with Crippen LogP contribution in [0.3, 0.4) is 0 Å². The molecular weight excluding hydrogens is 534 g/mol. The Morgan fingerprint density at radius 1 is 1.26 bits per heavy atom. The first kappa shape index (κ1) is 25.0. The van der Waals surface area contributed by atoms with Gasteiger partial charge in [0.1, 0.15) is 22.7 Å². The molecule has 4 rings (SSSR count). The van der Waals surface area contributed by atoms with E-state index >= 15 is 0 Å². The second kappa shape index (κ2) is 9.87. The number of amides is 1. The van der Waals surface area contributed by atoms with Crippen LogP contribution in [-0.2, 0) is 17.7 Å². The van der Waals surface area contributed by atoms with Gasteiger partial charge in [-0.3, -0.25) is 10.1 Å². The van der Waals surface area contributed by atoms with Crippen LogP contribution in [0.2, 0.25) is 5.15 Å². The standard InChI is InChI=1S/C26H25BrClN3O4/c1-5-21-30-24(28)19(14-32)31(21)13-15-10-11-20-17(12-15)22(27)23(34-20)16-8-6-7-9-18(16)29-25(33)35-26(2,3)4/h6-12,14H,5,13H2,1-4H3,(H,29,33). The van der Waals surface area contributed by atoms with Crippen molar-refractivity contribution in [2.45, 2.75) is 46.3 Å². The van der Waals surface area contributed by atoms with Gasteiger partial charge in [0.25, 0.3) is 0 Å². The first-order chi connectivity index (χ1) is 16.6. The van der Waals surface area contributed by atoms with Crippen LogP contribution in [0.4, 0.5) is 10.5 Å². The summed E-state index contributed by atoms with van der Waals surface area (Å²) in [5, 5.41) is 3.88. The summed E-state index contributed by atoms with van der Waals surface area (Å²) in [6.07, 6.45) is 0.834. The normalized spacial score (nSPS) is 11.6. The zero-order valence-corrected chi connectivity index (χ0v) is 22.2. The van der Waals surface area contributed by atoms with Crippen molar-refractivity contribution in [1.82, 2.24) is 9.55 Å². The van der Waals surface area contributed by atoms with Crippen LogP contribution in [0.15, 0.2) is 51.4 Å². The smallest absolute Gasteiger partial charge is 0.412 e. The van der Waals surface area contributed by atoms with Gasteiger partial charge >= 0.3 is 6.09 Å². The molecule has 2 aromatic heterocycles. The minimum atomic E-state index is -0.615. The largest absolute Gasteiger partial charge is 0.455 e. The lowest BCUT2D eigenvalue weighted by molar-refractivity contribution is 0.0636. The fraction of sp³-hybridized carbons (Fsp3) is 0.269. The summed E-state index contributed by atoms with van der Waals surface area (Å²) in [5.41, 5.74) is 2.66. The van der Waals surface area contributed by atoms with Crippen LogP contribution in [0.1, 0.15) is 49.6 Å². The number of carbonyl (C=O) groups is 2. The molecular formula is C26H25BrClN3O4. The van der Waals surface area contributed by atoms with Gasteiger partial charge in [-0.2, -0.15) is 0 Å². The summed E-state index contributed by atoms with van der Waals surface area (Å²) in [5.74, 6) is 1.32. The van der Waals surface area contributed by atoms with Crippen LogP contribution in [-0.4, -0.2) is 27.5 Å². The van der Waals surface area contributed by atoms with Gasteiger partial charge in [0.15, 0.2) is 17.2 Å². The molecule has 0 saturated heterocycles. The highest BCUT2D eigenvalue weighted by Gasteiger charge is 2.21. The number of fused-ring (bicyclic) bond motifs is 1. The lowest BCUT2D eigenvalue weighted by Gasteiger charge is -2.20. The van der Waals surface area contributed by atoms with E-state index < -0.39 is 11.7 Å². The third-order valence-electron chi connectivity index (χ3n) is 5.31. The lowest BCUT2D eigenvalue weighted by atomic mass is 10.1. The number of nitrogens with one attached hydrogen (secondary N) is 1. The van der Waals surface area contributed by atoms with E-state index in [9.17, 15) is 9.59 Å². The molecule has 2 aromatic carbocycles. The van der Waals surface area contributed by atoms with Crippen molar-refractivity contribution in [2.24, 2.45) is 0 Å². The van der Waals surface area contributed by atoms with Crippen molar-refractivity contribution in [2.75, 3.05) is 5.32 Å². The maximum Gasteiger partial charge on any atom is 0.412 e. The molecule has 0 bridgehead atoms. The zero-order valence-electron chi connectivity index (χ0n) is 19.8. The minimum absolute atomic E-state index is 0.207. The van der Waals surface area contributed by atoms with Crippen LogP contribution >= 0.6 is 27.5 Å². The number of halogens is 2. The number of nitrogens with zero attached hydrogens (tertiary/aromatic N) is 2. The van der Waals surface area contributed by atoms with E-state index in [4.69, 9.17) is 20.8 Å². The van der Waals surface area contributed by atoms with Gasteiger partial charge in [-0.05, 0) is 66.5 Å². The predicted molar refractivity (Wildman–Crippen MR) is 140 cm³/mol. The summed E-state index contributed by atoms with van der Waals surface area (Å²) >= 11 is 9.83. The van der Waals surface area contributed by atoms with Crippen molar-refractivity contribution in [3.8, 4) is 11.3 Å². The Hall–Kier alpha value is -3.10. The first-order valence-electron chi connectivity index (χ1n) is 11.1. The van der Waals surface area contributed by atoms with E-state index in [0.29, 0.717) is 41.3 Å². The van der Waals surface area contributed by atoms with Gasteiger partial charge < -0.3 is 13.7 Å². The number of para-hydroxylation sites is 1. The molecule has 0 unspecified atom stereocenters. The van der Waals surface area contributed by atoms with Gasteiger partial charge in [-0.1, -0.05) is 36.7 Å². The number of anilines is 1. The molecule has 0 aliphatic rings.